The number of carbonyl (C=O) groups excluding carboxylic acids is 2. The van der Waals surface area contributed by atoms with Crippen molar-refractivity contribution in [2.45, 2.75) is 38.4 Å². The number of rotatable bonds is 5. The molecule has 0 saturated heterocycles. The Kier molecular flexibility index (Phi) is 6.79. The fourth-order valence-electron chi connectivity index (χ4n) is 4.36. The van der Waals surface area contributed by atoms with Crippen LogP contribution in [-0.4, -0.2) is 50.7 Å². The van der Waals surface area contributed by atoms with E-state index < -0.39 is 34.3 Å². The molecule has 2 atom stereocenters. The van der Waals surface area contributed by atoms with Crippen LogP contribution in [-0.2, 0) is 12.1 Å². The van der Waals surface area contributed by atoms with Crippen LogP contribution in [0.2, 0.25) is 5.02 Å². The molecule has 1 spiro atoms. The van der Waals surface area contributed by atoms with E-state index in [-0.39, 0.29) is 59.4 Å². The van der Waals surface area contributed by atoms with Crippen LogP contribution in [0.15, 0.2) is 29.2 Å². The van der Waals surface area contributed by atoms with Crippen LogP contribution < -0.4 is 10.7 Å². The minimum atomic E-state index is -0.990. The molecule has 3 N–H and O–H groups in total. The van der Waals surface area contributed by atoms with Gasteiger partial charge in [0.25, 0.3) is 11.8 Å². The fraction of sp³-hybridized carbons (Fsp3) is 0.409. The van der Waals surface area contributed by atoms with E-state index in [0.29, 0.717) is 13.0 Å². The molecule has 2 aromatic rings. The van der Waals surface area contributed by atoms with Crippen LogP contribution in [0, 0.1) is 11.7 Å². The van der Waals surface area contributed by atoms with Crippen LogP contribution in [0.4, 0.5) is 4.39 Å². The van der Waals surface area contributed by atoms with Gasteiger partial charge < -0.3 is 25.0 Å². The van der Waals surface area contributed by atoms with Crippen molar-refractivity contribution in [3.8, 4) is 5.75 Å². The highest BCUT2D eigenvalue weighted by molar-refractivity contribution is 6.30. The summed E-state index contributed by atoms with van der Waals surface area (Å²) >= 11 is 5.75. The monoisotopic (exact) mass is 499 g/mol. The molecule has 1 aliphatic carbocycles. The molecule has 0 bridgehead atoms. The van der Waals surface area contributed by atoms with Crippen molar-refractivity contribution in [1.82, 2.24) is 14.8 Å². The van der Waals surface area contributed by atoms with Gasteiger partial charge in [-0.05, 0) is 26.3 Å². The largest absolute Gasteiger partial charge is 0.503 e. The zero-order valence-electron chi connectivity index (χ0n) is 18.0. The average Bonchev–Trinajstić information content (AvgIpc) is 3.47. The highest BCUT2D eigenvalue weighted by Crippen LogP contribution is 2.54. The normalized spacial score (nSPS) is 21.1. The predicted molar refractivity (Wildman–Crippen MR) is 122 cm³/mol. The number of aromatic nitrogens is 1. The molecule has 178 valence electrons. The lowest BCUT2D eigenvalue weighted by Crippen LogP contribution is -2.52. The second-order valence-corrected chi connectivity index (χ2v) is 8.96. The lowest BCUT2D eigenvalue weighted by Gasteiger charge is -2.39. The summed E-state index contributed by atoms with van der Waals surface area (Å²) < 4.78 is 15.6. The number of nitrogens with one attached hydrogen (secondary N) is 1. The van der Waals surface area contributed by atoms with Gasteiger partial charge in [-0.2, -0.15) is 0 Å². The first-order chi connectivity index (χ1) is 15.1. The maximum atomic E-state index is 14.1. The maximum Gasteiger partial charge on any atom is 0.274 e. The van der Waals surface area contributed by atoms with Gasteiger partial charge in [0.05, 0.1) is 10.6 Å². The number of aliphatic hydroxyl groups is 1. The molecular formula is C22H24Cl2FN3O5. The topological polar surface area (TPSA) is 112 Å². The SMILES string of the molecule is CC(C)N1C[C@]2(C[C@H]2CO)n2cc(C(=O)NCc3cccc(Cl)c3F)c(=O)c(O)c2C1=O.Cl. The number of fused-ring (bicyclic) bond motifs is 2. The van der Waals surface area contributed by atoms with Gasteiger partial charge in [-0.3, -0.25) is 14.4 Å². The molecule has 8 nitrogen and oxygen atoms in total. The zero-order valence-corrected chi connectivity index (χ0v) is 19.5. The number of pyridine rings is 1. The Hall–Kier alpha value is -2.62. The summed E-state index contributed by atoms with van der Waals surface area (Å²) in [6, 6.07) is 4.17. The number of aliphatic hydroxyl groups excluding tert-OH is 1. The Morgan fingerprint density at radius 2 is 2.06 bits per heavy atom. The Labute approximate surface area is 200 Å². The van der Waals surface area contributed by atoms with Crippen molar-refractivity contribution in [1.29, 1.82) is 0 Å². The third-order valence-electron chi connectivity index (χ3n) is 6.33. The van der Waals surface area contributed by atoms with Crippen LogP contribution in [0.1, 0.15) is 46.7 Å². The Morgan fingerprint density at radius 1 is 1.36 bits per heavy atom. The molecule has 2 aliphatic rings. The fourth-order valence-corrected chi connectivity index (χ4v) is 4.56. The molecule has 1 aromatic carbocycles. The molecular weight excluding hydrogens is 476 g/mol. The summed E-state index contributed by atoms with van der Waals surface area (Å²) in [5.41, 5.74) is -2.13. The molecule has 1 fully saturated rings. The van der Waals surface area contributed by atoms with Crippen molar-refractivity contribution in [2.24, 2.45) is 5.92 Å². The Bertz CT molecular complexity index is 1190. The number of benzene rings is 1. The number of aromatic hydroxyl groups is 1. The number of hydrogen-bond acceptors (Lipinski definition) is 5. The molecule has 0 radical (unpaired) electrons. The first-order valence-electron chi connectivity index (χ1n) is 10.2. The number of nitrogens with zero attached hydrogens (tertiary/aromatic N) is 2. The van der Waals surface area contributed by atoms with Gasteiger partial charge in [0.2, 0.25) is 5.43 Å². The number of hydrogen-bond donors (Lipinski definition) is 3. The molecule has 2 amide bonds. The van der Waals surface area contributed by atoms with E-state index in [0.717, 1.165) is 0 Å². The van der Waals surface area contributed by atoms with Gasteiger partial charge in [-0.15, -0.1) is 12.4 Å². The van der Waals surface area contributed by atoms with E-state index >= 15 is 0 Å². The summed E-state index contributed by atoms with van der Waals surface area (Å²) in [5.74, 6) is -3.02. The van der Waals surface area contributed by atoms with Gasteiger partial charge in [0, 0.05) is 43.4 Å². The van der Waals surface area contributed by atoms with E-state index in [2.05, 4.69) is 5.32 Å². The van der Waals surface area contributed by atoms with Crippen LogP contribution in [0.25, 0.3) is 0 Å². The quantitative estimate of drug-likeness (QED) is 0.584. The molecule has 4 rings (SSSR count). The predicted octanol–water partition coefficient (Wildman–Crippen LogP) is 2.27. The van der Waals surface area contributed by atoms with E-state index in [1.165, 1.54) is 29.0 Å². The van der Waals surface area contributed by atoms with Crippen molar-refractivity contribution in [3.63, 3.8) is 0 Å². The Morgan fingerprint density at radius 3 is 2.67 bits per heavy atom. The minimum Gasteiger partial charge on any atom is -0.503 e. The van der Waals surface area contributed by atoms with Gasteiger partial charge in [-0.1, -0.05) is 23.7 Å². The highest BCUT2D eigenvalue weighted by atomic mass is 35.5. The summed E-state index contributed by atoms with van der Waals surface area (Å²) in [6.07, 6.45) is 1.79. The van der Waals surface area contributed by atoms with E-state index in [1.807, 2.05) is 13.8 Å². The molecule has 33 heavy (non-hydrogen) atoms. The highest BCUT2D eigenvalue weighted by Gasteiger charge is 2.60. The molecule has 1 aliphatic heterocycles. The van der Waals surface area contributed by atoms with Crippen molar-refractivity contribution in [2.75, 3.05) is 13.2 Å². The second kappa shape index (κ2) is 8.96. The summed E-state index contributed by atoms with van der Waals surface area (Å²) in [7, 11) is 0. The van der Waals surface area contributed by atoms with Gasteiger partial charge in [0.1, 0.15) is 11.4 Å². The summed E-state index contributed by atoms with van der Waals surface area (Å²) in [5, 5.41) is 22.7. The first kappa shape index (κ1) is 25.0. The molecule has 2 heterocycles. The molecule has 1 saturated carbocycles. The molecule has 11 heteroatoms. The number of halogens is 3. The van der Waals surface area contributed by atoms with Gasteiger partial charge in [0.15, 0.2) is 11.4 Å². The first-order valence-corrected chi connectivity index (χ1v) is 10.6. The number of amides is 2. The van der Waals surface area contributed by atoms with Crippen molar-refractivity contribution < 1.29 is 24.2 Å². The van der Waals surface area contributed by atoms with Gasteiger partial charge in [-0.25, -0.2) is 4.39 Å². The van der Waals surface area contributed by atoms with Crippen LogP contribution >= 0.6 is 24.0 Å². The van der Waals surface area contributed by atoms with Crippen LogP contribution in [0.3, 0.4) is 0 Å². The summed E-state index contributed by atoms with van der Waals surface area (Å²) in [4.78, 5) is 40.1. The zero-order chi connectivity index (χ0) is 23.4. The standard InChI is InChI=1S/C22H23ClFN3O5.ClH/c1-11(2)26-10-22(6-13(22)9-28)27-8-14(18(29)19(30)17(27)21(26)32)20(31)25-7-12-4-3-5-15(23)16(12)24;/h3-5,8,11,13,28,30H,6-7,9-10H2,1-2H3,(H,25,31);1H/t13-,22-;/m0./s1. The summed E-state index contributed by atoms with van der Waals surface area (Å²) in [6.45, 7) is 3.57. The Balaban J connectivity index is 0.00000306. The third kappa shape index (κ3) is 3.98. The average molecular weight is 500 g/mol. The second-order valence-electron chi connectivity index (χ2n) is 8.55. The van der Waals surface area contributed by atoms with E-state index in [4.69, 9.17) is 11.6 Å². The molecule has 1 aromatic heterocycles. The van der Waals surface area contributed by atoms with Crippen molar-refractivity contribution in [3.05, 3.63) is 62.3 Å². The lowest BCUT2D eigenvalue weighted by molar-refractivity contribution is 0.0551. The third-order valence-corrected chi connectivity index (χ3v) is 6.62. The smallest absolute Gasteiger partial charge is 0.274 e. The maximum absolute atomic E-state index is 14.1. The van der Waals surface area contributed by atoms with Crippen molar-refractivity contribution >= 4 is 35.8 Å². The van der Waals surface area contributed by atoms with Crippen LogP contribution in [0.5, 0.6) is 5.75 Å². The lowest BCUT2D eigenvalue weighted by atomic mass is 10.0. The minimum absolute atomic E-state index is 0. The van der Waals surface area contributed by atoms with Gasteiger partial charge >= 0.3 is 0 Å². The van der Waals surface area contributed by atoms with E-state index in [9.17, 15) is 29.0 Å². The molecule has 0 unspecified atom stereocenters. The van der Waals surface area contributed by atoms with E-state index in [1.54, 1.807) is 4.90 Å². The number of carbonyl (C=O) groups is 2.